The third kappa shape index (κ3) is 2.09. The van der Waals surface area contributed by atoms with Crippen LogP contribution < -0.4 is 0 Å². The lowest BCUT2D eigenvalue weighted by atomic mass is 9.45. The molecule has 0 spiro atoms. The van der Waals surface area contributed by atoms with Gasteiger partial charge < -0.3 is 4.74 Å². The Labute approximate surface area is 140 Å². The summed E-state index contributed by atoms with van der Waals surface area (Å²) in [4.78, 5) is 12.2. The van der Waals surface area contributed by atoms with Gasteiger partial charge in [0.1, 0.15) is 6.10 Å². The Morgan fingerprint density at radius 1 is 0.957 bits per heavy atom. The van der Waals surface area contributed by atoms with Gasteiger partial charge in [-0.05, 0) is 99.7 Å². The zero-order valence-electron chi connectivity index (χ0n) is 14.4. The molecular weight excluding hydrogens is 284 g/mol. The van der Waals surface area contributed by atoms with Crippen LogP contribution in [-0.2, 0) is 9.53 Å². The number of rotatable bonds is 3. The van der Waals surface area contributed by atoms with Gasteiger partial charge in [0.25, 0.3) is 0 Å². The predicted molar refractivity (Wildman–Crippen MR) is 89.6 cm³/mol. The molecule has 0 heterocycles. The molecular formula is C21H30O2. The summed E-state index contributed by atoms with van der Waals surface area (Å²) in [6.45, 7) is 5.59. The number of hydrogen-bond acceptors (Lipinski definition) is 2. The molecule has 6 aliphatic carbocycles. The molecule has 6 saturated carbocycles. The van der Waals surface area contributed by atoms with Crippen molar-refractivity contribution in [1.29, 1.82) is 0 Å². The van der Waals surface area contributed by atoms with Crippen molar-refractivity contribution in [3.8, 4) is 0 Å². The van der Waals surface area contributed by atoms with E-state index in [0.717, 1.165) is 23.7 Å². The first kappa shape index (κ1) is 14.5. The van der Waals surface area contributed by atoms with E-state index < -0.39 is 0 Å². The molecule has 0 aromatic rings. The van der Waals surface area contributed by atoms with E-state index >= 15 is 0 Å². The first-order valence-electron chi connectivity index (χ1n) is 9.90. The fraction of sp³-hybridized carbons (Fsp3) is 0.857. The molecule has 2 nitrogen and oxygen atoms in total. The fourth-order valence-corrected chi connectivity index (χ4v) is 8.07. The van der Waals surface area contributed by atoms with E-state index in [9.17, 15) is 4.79 Å². The van der Waals surface area contributed by atoms with E-state index in [2.05, 4.69) is 6.58 Å². The first-order valence-corrected chi connectivity index (χ1v) is 9.90. The summed E-state index contributed by atoms with van der Waals surface area (Å²) < 4.78 is 6.07. The Morgan fingerprint density at radius 3 is 2.09 bits per heavy atom. The fourth-order valence-electron chi connectivity index (χ4n) is 8.07. The Balaban J connectivity index is 1.46. The molecule has 0 aliphatic heterocycles. The van der Waals surface area contributed by atoms with Gasteiger partial charge in [-0.2, -0.15) is 0 Å². The molecule has 0 aromatic carbocycles. The minimum Gasteiger partial charge on any atom is -0.458 e. The van der Waals surface area contributed by atoms with Crippen molar-refractivity contribution in [3.05, 3.63) is 12.2 Å². The molecule has 0 radical (unpaired) electrons. The SMILES string of the molecule is C=C(C)C(=O)OC1C2CCC(C2)C1C12CC3CC(CC(C3)C1)C2. The van der Waals surface area contributed by atoms with Gasteiger partial charge in [0.05, 0.1) is 0 Å². The zero-order valence-corrected chi connectivity index (χ0v) is 14.4. The second kappa shape index (κ2) is 4.86. The summed E-state index contributed by atoms with van der Waals surface area (Å²) in [6.07, 6.45) is 13.0. The Morgan fingerprint density at radius 2 is 1.52 bits per heavy atom. The first-order chi connectivity index (χ1) is 11.0. The molecule has 23 heavy (non-hydrogen) atoms. The average molecular weight is 314 g/mol. The van der Waals surface area contributed by atoms with Crippen LogP contribution in [0.25, 0.3) is 0 Å². The Kier molecular flexibility index (Phi) is 3.07. The topological polar surface area (TPSA) is 26.3 Å². The molecule has 0 saturated heterocycles. The van der Waals surface area contributed by atoms with Gasteiger partial charge in [-0.3, -0.25) is 0 Å². The normalized spacial score (nSPS) is 52.8. The third-order valence-electron chi connectivity index (χ3n) is 8.22. The van der Waals surface area contributed by atoms with Gasteiger partial charge in [0, 0.05) is 11.5 Å². The van der Waals surface area contributed by atoms with Gasteiger partial charge in [-0.25, -0.2) is 4.79 Å². The van der Waals surface area contributed by atoms with Crippen LogP contribution in [0.1, 0.15) is 64.7 Å². The molecule has 4 atom stereocenters. The predicted octanol–water partition coefficient (Wildman–Crippen LogP) is 4.74. The largest absolute Gasteiger partial charge is 0.458 e. The van der Waals surface area contributed by atoms with Crippen LogP contribution >= 0.6 is 0 Å². The highest BCUT2D eigenvalue weighted by molar-refractivity contribution is 5.87. The van der Waals surface area contributed by atoms with Crippen LogP contribution in [0.4, 0.5) is 0 Å². The number of fused-ring (bicyclic) bond motifs is 2. The van der Waals surface area contributed by atoms with Crippen molar-refractivity contribution in [3.63, 3.8) is 0 Å². The summed E-state index contributed by atoms with van der Waals surface area (Å²) in [5.41, 5.74) is 1.09. The lowest BCUT2D eigenvalue weighted by Gasteiger charge is -2.61. The quantitative estimate of drug-likeness (QED) is 0.556. The van der Waals surface area contributed by atoms with E-state index in [0.29, 0.717) is 22.8 Å². The van der Waals surface area contributed by atoms with Gasteiger partial charge >= 0.3 is 5.97 Å². The lowest BCUT2D eigenvalue weighted by Crippen LogP contribution is -2.54. The van der Waals surface area contributed by atoms with Crippen molar-refractivity contribution in [2.24, 2.45) is 40.9 Å². The standard InChI is InChI=1S/C21H30O2/c1-12(2)20(22)23-19-17-4-3-16(8-17)18(19)21-9-13-5-14(10-21)7-15(6-13)11-21/h13-19H,1,3-11H2,2H3. The molecule has 6 bridgehead atoms. The average Bonchev–Trinajstić information content (AvgIpc) is 3.06. The molecule has 0 amide bonds. The van der Waals surface area contributed by atoms with E-state index in [1.807, 2.05) is 0 Å². The summed E-state index contributed by atoms with van der Waals surface area (Å²) >= 11 is 0. The van der Waals surface area contributed by atoms with Gasteiger partial charge in [-0.15, -0.1) is 0 Å². The Bertz CT molecular complexity index is 513. The number of carbonyl (C=O) groups is 1. The third-order valence-corrected chi connectivity index (χ3v) is 8.22. The highest BCUT2D eigenvalue weighted by Gasteiger charge is 2.62. The summed E-state index contributed by atoms with van der Waals surface area (Å²) in [5.74, 6) is 4.95. The van der Waals surface area contributed by atoms with Crippen LogP contribution in [0.15, 0.2) is 12.2 Å². The smallest absolute Gasteiger partial charge is 0.333 e. The maximum Gasteiger partial charge on any atom is 0.333 e. The highest BCUT2D eigenvalue weighted by atomic mass is 16.5. The van der Waals surface area contributed by atoms with Crippen LogP contribution in [-0.4, -0.2) is 12.1 Å². The van der Waals surface area contributed by atoms with Crippen LogP contribution in [0.3, 0.4) is 0 Å². The summed E-state index contributed by atoms with van der Waals surface area (Å²) in [5, 5.41) is 0. The number of carbonyl (C=O) groups excluding carboxylic acids is 1. The maximum atomic E-state index is 12.2. The summed E-state index contributed by atoms with van der Waals surface area (Å²) in [7, 11) is 0. The summed E-state index contributed by atoms with van der Waals surface area (Å²) in [6, 6.07) is 0. The van der Waals surface area contributed by atoms with Crippen molar-refractivity contribution in [2.45, 2.75) is 70.8 Å². The van der Waals surface area contributed by atoms with Crippen LogP contribution in [0, 0.1) is 40.9 Å². The van der Waals surface area contributed by atoms with Crippen molar-refractivity contribution >= 4 is 5.97 Å². The van der Waals surface area contributed by atoms with Crippen molar-refractivity contribution in [1.82, 2.24) is 0 Å². The van der Waals surface area contributed by atoms with Gasteiger partial charge in [-0.1, -0.05) is 6.58 Å². The van der Waals surface area contributed by atoms with Crippen molar-refractivity contribution < 1.29 is 9.53 Å². The van der Waals surface area contributed by atoms with E-state index in [1.54, 1.807) is 6.92 Å². The molecule has 6 aliphatic rings. The Hall–Kier alpha value is -0.790. The molecule has 4 unspecified atom stereocenters. The van der Waals surface area contributed by atoms with Crippen LogP contribution in [0.2, 0.25) is 0 Å². The van der Waals surface area contributed by atoms with E-state index in [-0.39, 0.29) is 12.1 Å². The minimum absolute atomic E-state index is 0.141. The number of hydrogen-bond donors (Lipinski definition) is 0. The lowest BCUT2D eigenvalue weighted by molar-refractivity contribution is -0.166. The monoisotopic (exact) mass is 314 g/mol. The van der Waals surface area contributed by atoms with Gasteiger partial charge in [0.15, 0.2) is 0 Å². The second-order valence-corrected chi connectivity index (χ2v) is 9.79. The molecule has 0 N–H and O–H groups in total. The number of ether oxygens (including phenoxy) is 1. The van der Waals surface area contributed by atoms with E-state index in [4.69, 9.17) is 4.74 Å². The highest BCUT2D eigenvalue weighted by Crippen LogP contribution is 2.68. The van der Waals surface area contributed by atoms with Crippen LogP contribution in [0.5, 0.6) is 0 Å². The number of esters is 1. The van der Waals surface area contributed by atoms with Gasteiger partial charge in [0.2, 0.25) is 0 Å². The molecule has 0 aromatic heterocycles. The molecule has 126 valence electrons. The zero-order chi connectivity index (χ0) is 15.8. The molecule has 2 heteroatoms. The molecule has 6 fully saturated rings. The second-order valence-electron chi connectivity index (χ2n) is 9.79. The minimum atomic E-state index is -0.141. The van der Waals surface area contributed by atoms with E-state index in [1.165, 1.54) is 57.8 Å². The maximum absolute atomic E-state index is 12.2. The van der Waals surface area contributed by atoms with Crippen molar-refractivity contribution in [2.75, 3.05) is 0 Å². The molecule has 6 rings (SSSR count).